The first-order valence-corrected chi connectivity index (χ1v) is 5.74. The van der Waals surface area contributed by atoms with Crippen LogP contribution in [0.3, 0.4) is 0 Å². The average molecular weight is 229 g/mol. The number of morpholine rings is 1. The maximum Gasteiger partial charge on any atom is 0.237 e. The molecular weight excluding hydrogens is 206 g/mol. The van der Waals surface area contributed by atoms with Crippen LogP contribution in [0.1, 0.15) is 27.7 Å². The van der Waals surface area contributed by atoms with E-state index in [0.717, 1.165) is 19.6 Å². The van der Waals surface area contributed by atoms with Crippen LogP contribution in [0.5, 0.6) is 0 Å². The molecule has 1 amide bonds. The molecule has 0 aromatic carbocycles. The van der Waals surface area contributed by atoms with Crippen LogP contribution >= 0.6 is 0 Å². The van der Waals surface area contributed by atoms with Gasteiger partial charge in [-0.15, -0.1) is 0 Å². The van der Waals surface area contributed by atoms with Crippen LogP contribution in [0, 0.1) is 5.92 Å². The van der Waals surface area contributed by atoms with E-state index in [1.165, 1.54) is 0 Å². The molecule has 5 nitrogen and oxygen atoms in total. The van der Waals surface area contributed by atoms with E-state index < -0.39 is 0 Å². The highest BCUT2D eigenvalue weighted by atomic mass is 16.5. The van der Waals surface area contributed by atoms with Crippen LogP contribution in [-0.4, -0.2) is 42.1 Å². The van der Waals surface area contributed by atoms with E-state index in [0.29, 0.717) is 0 Å². The van der Waals surface area contributed by atoms with Crippen molar-refractivity contribution in [2.75, 3.05) is 19.6 Å². The number of hydrogen-bond donors (Lipinski definition) is 2. The lowest BCUT2D eigenvalue weighted by molar-refractivity contribution is -0.137. The normalized spacial score (nSPS) is 27.4. The smallest absolute Gasteiger partial charge is 0.237 e. The number of carbonyl (C=O) groups is 1. The topological polar surface area (TPSA) is 67.6 Å². The highest BCUT2D eigenvalue weighted by Gasteiger charge is 2.32. The van der Waals surface area contributed by atoms with Gasteiger partial charge in [-0.25, -0.2) is 5.84 Å². The monoisotopic (exact) mass is 229 g/mol. The Kier molecular flexibility index (Phi) is 4.29. The van der Waals surface area contributed by atoms with E-state index in [1.807, 2.05) is 6.92 Å². The Bertz CT molecular complexity index is 256. The van der Waals surface area contributed by atoms with Gasteiger partial charge in [0.2, 0.25) is 5.91 Å². The molecule has 0 aromatic heterocycles. The van der Waals surface area contributed by atoms with E-state index in [-0.39, 0.29) is 23.5 Å². The zero-order chi connectivity index (χ0) is 12.3. The summed E-state index contributed by atoms with van der Waals surface area (Å²) in [7, 11) is 0. The van der Waals surface area contributed by atoms with Crippen molar-refractivity contribution < 1.29 is 9.53 Å². The summed E-state index contributed by atoms with van der Waals surface area (Å²) in [6.45, 7) is 10.5. The van der Waals surface area contributed by atoms with Gasteiger partial charge in [-0.3, -0.25) is 15.1 Å². The molecule has 0 aliphatic carbocycles. The molecule has 94 valence electrons. The van der Waals surface area contributed by atoms with Gasteiger partial charge in [0.1, 0.15) is 0 Å². The minimum absolute atomic E-state index is 0.0916. The first-order chi connectivity index (χ1) is 7.34. The molecule has 2 unspecified atom stereocenters. The second-order valence-electron chi connectivity index (χ2n) is 5.29. The van der Waals surface area contributed by atoms with Crippen molar-refractivity contribution >= 4 is 5.91 Å². The zero-order valence-corrected chi connectivity index (χ0v) is 10.6. The SMILES string of the molecule is CC1CN(CC(C)C(=O)NN)CC(C)(C)O1. The van der Waals surface area contributed by atoms with Crippen LogP contribution in [0.15, 0.2) is 0 Å². The molecule has 1 heterocycles. The Morgan fingerprint density at radius 3 is 2.81 bits per heavy atom. The van der Waals surface area contributed by atoms with Gasteiger partial charge in [-0.1, -0.05) is 6.92 Å². The maximum atomic E-state index is 11.3. The molecule has 1 rings (SSSR count). The summed E-state index contributed by atoms with van der Waals surface area (Å²) in [5, 5.41) is 0. The highest BCUT2D eigenvalue weighted by Crippen LogP contribution is 2.21. The van der Waals surface area contributed by atoms with E-state index >= 15 is 0 Å². The van der Waals surface area contributed by atoms with Crippen molar-refractivity contribution in [1.82, 2.24) is 10.3 Å². The van der Waals surface area contributed by atoms with Gasteiger partial charge in [0.25, 0.3) is 0 Å². The van der Waals surface area contributed by atoms with Gasteiger partial charge in [-0.05, 0) is 20.8 Å². The van der Waals surface area contributed by atoms with Crippen molar-refractivity contribution in [3.63, 3.8) is 0 Å². The van der Waals surface area contributed by atoms with Gasteiger partial charge in [-0.2, -0.15) is 0 Å². The van der Waals surface area contributed by atoms with E-state index in [4.69, 9.17) is 10.6 Å². The fourth-order valence-corrected chi connectivity index (χ4v) is 2.34. The van der Waals surface area contributed by atoms with Gasteiger partial charge >= 0.3 is 0 Å². The molecule has 3 N–H and O–H groups in total. The number of nitrogens with two attached hydrogens (primary N) is 1. The minimum Gasteiger partial charge on any atom is -0.370 e. The first kappa shape index (κ1) is 13.4. The average Bonchev–Trinajstić information content (AvgIpc) is 2.12. The van der Waals surface area contributed by atoms with Crippen molar-refractivity contribution in [2.24, 2.45) is 11.8 Å². The fourth-order valence-electron chi connectivity index (χ4n) is 2.34. The minimum atomic E-state index is -0.142. The standard InChI is InChI=1S/C11H23N3O2/c1-8(10(15)13-12)5-14-6-9(2)16-11(3,4)7-14/h8-9H,5-7,12H2,1-4H3,(H,13,15). The lowest BCUT2D eigenvalue weighted by Crippen LogP contribution is -2.53. The van der Waals surface area contributed by atoms with E-state index in [2.05, 4.69) is 31.1 Å². The number of hydrogen-bond acceptors (Lipinski definition) is 4. The van der Waals surface area contributed by atoms with Crippen molar-refractivity contribution in [3.8, 4) is 0 Å². The number of ether oxygens (including phenoxy) is 1. The summed E-state index contributed by atoms with van der Waals surface area (Å²) in [4.78, 5) is 13.6. The Morgan fingerprint density at radius 2 is 2.31 bits per heavy atom. The largest absolute Gasteiger partial charge is 0.370 e. The molecule has 5 heteroatoms. The Morgan fingerprint density at radius 1 is 1.69 bits per heavy atom. The molecule has 1 aliphatic heterocycles. The van der Waals surface area contributed by atoms with E-state index in [1.54, 1.807) is 0 Å². The van der Waals surface area contributed by atoms with Crippen LogP contribution in [0.4, 0.5) is 0 Å². The molecule has 2 atom stereocenters. The van der Waals surface area contributed by atoms with Crippen molar-refractivity contribution in [3.05, 3.63) is 0 Å². The second kappa shape index (κ2) is 5.12. The molecule has 0 spiro atoms. The quantitative estimate of drug-likeness (QED) is 0.409. The van der Waals surface area contributed by atoms with Crippen LogP contribution in [0.2, 0.25) is 0 Å². The summed E-state index contributed by atoms with van der Waals surface area (Å²) >= 11 is 0. The molecule has 0 radical (unpaired) electrons. The van der Waals surface area contributed by atoms with Crippen molar-refractivity contribution in [2.45, 2.75) is 39.4 Å². The summed E-state index contributed by atoms with van der Waals surface area (Å²) in [5.74, 6) is 4.91. The van der Waals surface area contributed by atoms with E-state index in [9.17, 15) is 4.79 Å². The third-order valence-corrected chi connectivity index (χ3v) is 2.76. The number of amides is 1. The number of nitrogens with zero attached hydrogens (tertiary/aromatic N) is 1. The van der Waals surface area contributed by atoms with Gasteiger partial charge in [0, 0.05) is 25.6 Å². The number of nitrogens with one attached hydrogen (secondary N) is 1. The second-order valence-corrected chi connectivity index (χ2v) is 5.29. The molecular formula is C11H23N3O2. The molecule has 0 aromatic rings. The Hall–Kier alpha value is -0.650. The number of hydrazine groups is 1. The molecule has 0 bridgehead atoms. The van der Waals surface area contributed by atoms with Crippen LogP contribution in [0.25, 0.3) is 0 Å². The third kappa shape index (κ3) is 3.73. The maximum absolute atomic E-state index is 11.3. The predicted octanol–water partition coefficient (Wildman–Crippen LogP) is 0.112. The van der Waals surface area contributed by atoms with Gasteiger partial charge in [0.05, 0.1) is 11.7 Å². The zero-order valence-electron chi connectivity index (χ0n) is 10.6. The molecule has 1 aliphatic rings. The Balaban J connectivity index is 2.51. The van der Waals surface area contributed by atoms with Crippen LogP contribution < -0.4 is 11.3 Å². The van der Waals surface area contributed by atoms with Gasteiger partial charge in [0.15, 0.2) is 0 Å². The molecule has 1 fully saturated rings. The molecule has 1 saturated heterocycles. The van der Waals surface area contributed by atoms with Crippen molar-refractivity contribution in [1.29, 1.82) is 0 Å². The Labute approximate surface area is 97.3 Å². The fraction of sp³-hybridized carbons (Fsp3) is 0.909. The summed E-state index contributed by atoms with van der Waals surface area (Å²) in [6.07, 6.45) is 0.205. The number of rotatable bonds is 3. The first-order valence-electron chi connectivity index (χ1n) is 5.74. The number of carbonyl (C=O) groups excluding carboxylic acids is 1. The summed E-state index contributed by atoms with van der Waals surface area (Å²) in [6, 6.07) is 0. The lowest BCUT2D eigenvalue weighted by atomic mass is 10.0. The summed E-state index contributed by atoms with van der Waals surface area (Å²) < 4.78 is 5.81. The molecule has 0 saturated carbocycles. The van der Waals surface area contributed by atoms with Crippen LogP contribution in [-0.2, 0) is 9.53 Å². The highest BCUT2D eigenvalue weighted by molar-refractivity contribution is 5.77. The molecule has 16 heavy (non-hydrogen) atoms. The van der Waals surface area contributed by atoms with Gasteiger partial charge < -0.3 is 4.74 Å². The predicted molar refractivity (Wildman–Crippen MR) is 62.6 cm³/mol. The lowest BCUT2D eigenvalue weighted by Gasteiger charge is -2.42. The third-order valence-electron chi connectivity index (χ3n) is 2.76. The summed E-state index contributed by atoms with van der Waals surface area (Å²) in [5.41, 5.74) is 2.05.